The van der Waals surface area contributed by atoms with Gasteiger partial charge in [0.15, 0.2) is 0 Å². The fourth-order valence-electron chi connectivity index (χ4n) is 1.86. The monoisotopic (exact) mass is 198 g/mol. The molecule has 14 heavy (non-hydrogen) atoms. The Bertz CT molecular complexity index is 212. The van der Waals surface area contributed by atoms with Crippen molar-refractivity contribution in [2.75, 3.05) is 6.54 Å². The minimum absolute atomic E-state index is 0.107. The fraction of sp³-hybridized carbons (Fsp3) is 0.909. The van der Waals surface area contributed by atoms with E-state index in [-0.39, 0.29) is 16.9 Å². The minimum atomic E-state index is -0.315. The Morgan fingerprint density at radius 2 is 1.86 bits per heavy atom. The Balaban J connectivity index is 2.61. The Kier molecular flexibility index (Phi) is 3.20. The predicted molar refractivity (Wildman–Crippen MR) is 57.9 cm³/mol. The van der Waals surface area contributed by atoms with Crippen molar-refractivity contribution in [2.24, 2.45) is 11.1 Å². The van der Waals surface area contributed by atoms with Crippen LogP contribution in [-0.4, -0.2) is 18.0 Å². The van der Waals surface area contributed by atoms with Gasteiger partial charge in [0.1, 0.15) is 0 Å². The molecule has 1 aliphatic carbocycles. The molecule has 1 fully saturated rings. The van der Waals surface area contributed by atoms with Crippen LogP contribution in [-0.2, 0) is 4.79 Å². The first kappa shape index (κ1) is 11.5. The van der Waals surface area contributed by atoms with Gasteiger partial charge in [-0.25, -0.2) is 0 Å². The zero-order chi connectivity index (χ0) is 10.8. The first-order valence-corrected chi connectivity index (χ1v) is 5.42. The molecule has 0 heterocycles. The predicted octanol–water partition coefficient (Wildman–Crippen LogP) is 1.42. The summed E-state index contributed by atoms with van der Waals surface area (Å²) in [6, 6.07) is 0. The van der Waals surface area contributed by atoms with E-state index in [0.29, 0.717) is 6.54 Å². The second kappa shape index (κ2) is 3.89. The molecule has 82 valence electrons. The van der Waals surface area contributed by atoms with Crippen LogP contribution in [0.15, 0.2) is 0 Å². The quantitative estimate of drug-likeness (QED) is 0.705. The van der Waals surface area contributed by atoms with Crippen molar-refractivity contribution in [3.8, 4) is 0 Å². The van der Waals surface area contributed by atoms with E-state index >= 15 is 0 Å². The summed E-state index contributed by atoms with van der Waals surface area (Å²) in [5.41, 5.74) is 5.32. The number of carbonyl (C=O) groups excluding carboxylic acids is 1. The van der Waals surface area contributed by atoms with Crippen LogP contribution in [0.25, 0.3) is 0 Å². The molecule has 3 N–H and O–H groups in total. The molecule has 0 aliphatic heterocycles. The largest absolute Gasteiger partial charge is 0.349 e. The van der Waals surface area contributed by atoms with E-state index < -0.39 is 0 Å². The molecule has 0 spiro atoms. The summed E-state index contributed by atoms with van der Waals surface area (Å²) in [6.45, 7) is 6.36. The third kappa shape index (κ3) is 2.47. The van der Waals surface area contributed by atoms with Crippen molar-refractivity contribution in [1.29, 1.82) is 0 Å². The van der Waals surface area contributed by atoms with Gasteiger partial charge in [-0.15, -0.1) is 0 Å². The summed E-state index contributed by atoms with van der Waals surface area (Å²) in [4.78, 5) is 11.8. The van der Waals surface area contributed by atoms with Gasteiger partial charge in [0.2, 0.25) is 5.91 Å². The van der Waals surface area contributed by atoms with Crippen molar-refractivity contribution in [3.63, 3.8) is 0 Å². The second-order valence-electron chi connectivity index (χ2n) is 5.40. The van der Waals surface area contributed by atoms with Crippen molar-refractivity contribution in [1.82, 2.24) is 5.32 Å². The summed E-state index contributed by atoms with van der Waals surface area (Å²) in [5.74, 6) is 0.116. The van der Waals surface area contributed by atoms with Gasteiger partial charge < -0.3 is 11.1 Å². The number of nitrogens with one attached hydrogen (secondary N) is 1. The molecule has 0 saturated heterocycles. The lowest BCUT2D eigenvalue weighted by molar-refractivity contribution is -0.130. The highest BCUT2D eigenvalue weighted by Gasteiger charge is 2.36. The van der Waals surface area contributed by atoms with Gasteiger partial charge in [-0.05, 0) is 12.8 Å². The molecule has 0 aromatic heterocycles. The molecule has 1 rings (SSSR count). The van der Waals surface area contributed by atoms with Gasteiger partial charge in [-0.1, -0.05) is 33.6 Å². The van der Waals surface area contributed by atoms with Crippen molar-refractivity contribution >= 4 is 5.91 Å². The van der Waals surface area contributed by atoms with Crippen LogP contribution in [0.2, 0.25) is 0 Å². The van der Waals surface area contributed by atoms with Crippen LogP contribution in [0, 0.1) is 5.41 Å². The number of amides is 1. The highest BCUT2D eigenvalue weighted by molar-refractivity contribution is 5.82. The molecule has 3 nitrogen and oxygen atoms in total. The van der Waals surface area contributed by atoms with Crippen LogP contribution in [0.4, 0.5) is 0 Å². The molecular weight excluding hydrogens is 176 g/mol. The van der Waals surface area contributed by atoms with Gasteiger partial charge in [0.25, 0.3) is 0 Å². The normalized spacial score (nSPS) is 20.9. The average molecular weight is 198 g/mol. The number of rotatable bonds is 2. The van der Waals surface area contributed by atoms with E-state index in [9.17, 15) is 4.79 Å². The Morgan fingerprint density at radius 3 is 2.21 bits per heavy atom. The highest BCUT2D eigenvalue weighted by Crippen LogP contribution is 2.29. The molecule has 1 saturated carbocycles. The zero-order valence-corrected chi connectivity index (χ0v) is 9.52. The zero-order valence-electron chi connectivity index (χ0n) is 9.52. The first-order valence-electron chi connectivity index (χ1n) is 5.42. The highest BCUT2D eigenvalue weighted by atomic mass is 16.2. The first-order chi connectivity index (χ1) is 6.40. The number of hydrogen-bond acceptors (Lipinski definition) is 2. The van der Waals surface area contributed by atoms with E-state index in [1.807, 2.05) is 20.8 Å². The topological polar surface area (TPSA) is 55.1 Å². The molecule has 3 heteroatoms. The molecular formula is C11H22N2O. The van der Waals surface area contributed by atoms with E-state index in [0.717, 1.165) is 12.8 Å². The van der Waals surface area contributed by atoms with Gasteiger partial charge in [-0.3, -0.25) is 4.79 Å². The third-order valence-electron chi connectivity index (χ3n) is 3.01. The van der Waals surface area contributed by atoms with Gasteiger partial charge in [0, 0.05) is 12.0 Å². The Hall–Kier alpha value is -0.570. The third-order valence-corrected chi connectivity index (χ3v) is 3.01. The maximum Gasteiger partial charge on any atom is 0.225 e. The molecule has 1 amide bonds. The van der Waals surface area contributed by atoms with Crippen molar-refractivity contribution < 1.29 is 4.79 Å². The summed E-state index contributed by atoms with van der Waals surface area (Å²) >= 11 is 0. The second-order valence-corrected chi connectivity index (χ2v) is 5.40. The Morgan fingerprint density at radius 1 is 1.36 bits per heavy atom. The smallest absolute Gasteiger partial charge is 0.225 e. The summed E-state index contributed by atoms with van der Waals surface area (Å²) in [7, 11) is 0. The maximum atomic E-state index is 11.8. The maximum absolute atomic E-state index is 11.8. The fourth-order valence-corrected chi connectivity index (χ4v) is 1.86. The van der Waals surface area contributed by atoms with Gasteiger partial charge in [0.05, 0.1) is 5.54 Å². The van der Waals surface area contributed by atoms with E-state index in [1.165, 1.54) is 12.8 Å². The lowest BCUT2D eigenvalue weighted by atomic mass is 9.91. The average Bonchev–Trinajstić information content (AvgIpc) is 2.52. The number of nitrogens with two attached hydrogens (primary N) is 1. The summed E-state index contributed by atoms with van der Waals surface area (Å²) < 4.78 is 0. The number of carbonyl (C=O) groups is 1. The molecule has 0 atom stereocenters. The van der Waals surface area contributed by atoms with Crippen LogP contribution in [0.1, 0.15) is 46.5 Å². The number of hydrogen-bond donors (Lipinski definition) is 2. The van der Waals surface area contributed by atoms with E-state index in [4.69, 9.17) is 5.73 Å². The van der Waals surface area contributed by atoms with Gasteiger partial charge in [-0.2, -0.15) is 0 Å². The Labute approximate surface area is 86.4 Å². The molecule has 0 aromatic rings. The SMILES string of the molecule is CC(C)(C)C(=O)NC1(CN)CCCC1. The summed E-state index contributed by atoms with van der Waals surface area (Å²) in [5, 5.41) is 3.12. The lowest BCUT2D eigenvalue weighted by Gasteiger charge is -2.32. The van der Waals surface area contributed by atoms with E-state index in [1.54, 1.807) is 0 Å². The van der Waals surface area contributed by atoms with Gasteiger partial charge >= 0.3 is 0 Å². The van der Waals surface area contributed by atoms with E-state index in [2.05, 4.69) is 5.32 Å². The van der Waals surface area contributed by atoms with Crippen LogP contribution in [0.3, 0.4) is 0 Å². The van der Waals surface area contributed by atoms with Crippen molar-refractivity contribution in [3.05, 3.63) is 0 Å². The van der Waals surface area contributed by atoms with Crippen LogP contribution < -0.4 is 11.1 Å². The van der Waals surface area contributed by atoms with Crippen molar-refractivity contribution in [2.45, 2.75) is 52.0 Å². The van der Waals surface area contributed by atoms with Crippen LogP contribution in [0.5, 0.6) is 0 Å². The molecule has 0 unspecified atom stereocenters. The van der Waals surface area contributed by atoms with Crippen LogP contribution >= 0.6 is 0 Å². The standard InChI is InChI=1S/C11H22N2O/c1-10(2,3)9(14)13-11(8-12)6-4-5-7-11/h4-8,12H2,1-3H3,(H,13,14). The minimum Gasteiger partial charge on any atom is -0.349 e. The lowest BCUT2D eigenvalue weighted by Crippen LogP contribution is -2.54. The molecule has 0 aromatic carbocycles. The molecule has 0 bridgehead atoms. The summed E-state index contributed by atoms with van der Waals surface area (Å²) in [6.07, 6.45) is 4.43. The molecule has 0 radical (unpaired) electrons. The molecule has 1 aliphatic rings.